The van der Waals surface area contributed by atoms with E-state index in [1.807, 2.05) is 30.0 Å². The number of hydrogen-bond donors (Lipinski definition) is 1. The molecule has 1 aromatic heterocycles. The summed E-state index contributed by atoms with van der Waals surface area (Å²) in [5, 5.41) is 0. The van der Waals surface area contributed by atoms with Crippen molar-refractivity contribution in [1.29, 1.82) is 0 Å². The van der Waals surface area contributed by atoms with E-state index in [9.17, 15) is 9.59 Å². The molecule has 1 aliphatic heterocycles. The average molecular weight is 287 g/mol. The largest absolute Gasteiger partial charge is 0.378 e. The first-order chi connectivity index (χ1) is 10.2. The highest BCUT2D eigenvalue weighted by Gasteiger charge is 2.15. The topological polar surface area (TPSA) is 67.3 Å². The molecule has 0 aliphatic carbocycles. The van der Waals surface area contributed by atoms with Crippen molar-refractivity contribution in [2.45, 2.75) is 6.92 Å². The van der Waals surface area contributed by atoms with Gasteiger partial charge in [0.2, 0.25) is 0 Å². The van der Waals surface area contributed by atoms with Crippen LogP contribution < -0.4 is 16.1 Å². The van der Waals surface area contributed by atoms with E-state index in [0.29, 0.717) is 37.8 Å². The van der Waals surface area contributed by atoms with Crippen LogP contribution in [0.5, 0.6) is 0 Å². The third-order valence-corrected chi connectivity index (χ3v) is 3.63. The minimum atomic E-state index is -0.418. The van der Waals surface area contributed by atoms with Crippen molar-refractivity contribution in [3.63, 3.8) is 0 Å². The zero-order valence-electron chi connectivity index (χ0n) is 11.8. The second-order valence-corrected chi connectivity index (χ2v) is 5.02. The van der Waals surface area contributed by atoms with Gasteiger partial charge < -0.3 is 9.64 Å². The number of aromatic nitrogens is 2. The maximum Gasteiger partial charge on any atom is 0.334 e. The molecule has 0 bridgehead atoms. The molecule has 1 N–H and O–H groups in total. The summed E-state index contributed by atoms with van der Waals surface area (Å²) in [4.78, 5) is 29.4. The summed E-state index contributed by atoms with van der Waals surface area (Å²) >= 11 is 0. The monoisotopic (exact) mass is 287 g/mol. The molecule has 1 aromatic carbocycles. The van der Waals surface area contributed by atoms with Crippen molar-refractivity contribution in [3.05, 3.63) is 56.7 Å². The lowest BCUT2D eigenvalue weighted by molar-refractivity contribution is 0.122. The van der Waals surface area contributed by atoms with Crippen LogP contribution in [0.15, 0.2) is 39.9 Å². The molecule has 3 rings (SSSR count). The fourth-order valence-corrected chi connectivity index (χ4v) is 2.50. The third-order valence-electron chi connectivity index (χ3n) is 3.63. The maximum absolute atomic E-state index is 12.3. The van der Waals surface area contributed by atoms with Gasteiger partial charge >= 0.3 is 5.69 Å². The number of anilines is 1. The summed E-state index contributed by atoms with van der Waals surface area (Å²) in [6, 6.07) is 8.79. The summed E-state index contributed by atoms with van der Waals surface area (Å²) in [6.45, 7) is 4.41. The number of para-hydroxylation sites is 1. The van der Waals surface area contributed by atoms with Gasteiger partial charge in [-0.05, 0) is 18.6 Å². The highest BCUT2D eigenvalue weighted by atomic mass is 16.5. The number of aromatic amines is 1. The van der Waals surface area contributed by atoms with E-state index in [0.717, 1.165) is 5.56 Å². The predicted octanol–water partition coefficient (Wildman–Crippen LogP) is 0.671. The van der Waals surface area contributed by atoms with Gasteiger partial charge in [-0.1, -0.05) is 18.2 Å². The van der Waals surface area contributed by atoms with E-state index >= 15 is 0 Å². The van der Waals surface area contributed by atoms with Crippen LogP contribution in [0.4, 0.5) is 5.82 Å². The molecular weight excluding hydrogens is 270 g/mol. The Morgan fingerprint density at radius 2 is 1.86 bits per heavy atom. The molecule has 6 heteroatoms. The number of rotatable bonds is 2. The van der Waals surface area contributed by atoms with Crippen molar-refractivity contribution in [3.8, 4) is 5.69 Å². The summed E-state index contributed by atoms with van der Waals surface area (Å²) in [5.41, 5.74) is 0.745. The van der Waals surface area contributed by atoms with Gasteiger partial charge in [-0.3, -0.25) is 9.78 Å². The first-order valence-electron chi connectivity index (χ1n) is 6.92. The lowest BCUT2D eigenvalue weighted by atomic mass is 10.2. The number of benzene rings is 1. The van der Waals surface area contributed by atoms with Crippen molar-refractivity contribution in [1.82, 2.24) is 9.55 Å². The van der Waals surface area contributed by atoms with Crippen LogP contribution in [-0.4, -0.2) is 35.9 Å². The highest BCUT2D eigenvalue weighted by molar-refractivity contribution is 5.43. The van der Waals surface area contributed by atoms with Gasteiger partial charge in [-0.15, -0.1) is 0 Å². The van der Waals surface area contributed by atoms with E-state index in [-0.39, 0.29) is 5.56 Å². The Kier molecular flexibility index (Phi) is 3.62. The van der Waals surface area contributed by atoms with Crippen LogP contribution in [0.2, 0.25) is 0 Å². The van der Waals surface area contributed by atoms with Crippen molar-refractivity contribution < 1.29 is 4.74 Å². The van der Waals surface area contributed by atoms with Gasteiger partial charge in [0.25, 0.3) is 5.56 Å². The number of hydrogen-bond acceptors (Lipinski definition) is 4. The Hall–Kier alpha value is -2.34. The lowest BCUT2D eigenvalue weighted by Gasteiger charge is -2.28. The molecular formula is C15H17N3O3. The molecule has 21 heavy (non-hydrogen) atoms. The Morgan fingerprint density at radius 3 is 2.52 bits per heavy atom. The van der Waals surface area contributed by atoms with Gasteiger partial charge in [0.05, 0.1) is 18.9 Å². The maximum atomic E-state index is 12.3. The Morgan fingerprint density at radius 1 is 1.14 bits per heavy atom. The zero-order chi connectivity index (χ0) is 14.8. The fourth-order valence-electron chi connectivity index (χ4n) is 2.50. The first kappa shape index (κ1) is 13.6. The molecule has 1 saturated heterocycles. The standard InChI is InChI=1S/C15H17N3O3/c1-11-4-2-3-5-12(11)18-14(19)10-13(16-15(18)20)17-6-8-21-9-7-17/h2-5,10H,6-9H2,1H3,(H,16,20). The van der Waals surface area contributed by atoms with Crippen molar-refractivity contribution in [2.24, 2.45) is 0 Å². The molecule has 0 unspecified atom stereocenters. The molecule has 2 heterocycles. The molecule has 0 radical (unpaired) electrons. The smallest absolute Gasteiger partial charge is 0.334 e. The average Bonchev–Trinajstić information content (AvgIpc) is 2.49. The number of nitrogens with zero attached hydrogens (tertiary/aromatic N) is 2. The van der Waals surface area contributed by atoms with E-state index in [4.69, 9.17) is 4.74 Å². The predicted molar refractivity (Wildman–Crippen MR) is 80.4 cm³/mol. The Labute approximate surface area is 121 Å². The Bertz CT molecular complexity index is 726. The molecule has 2 aromatic rings. The second-order valence-electron chi connectivity index (χ2n) is 5.02. The minimum Gasteiger partial charge on any atom is -0.378 e. The zero-order valence-corrected chi connectivity index (χ0v) is 11.8. The van der Waals surface area contributed by atoms with Crippen LogP contribution in [0.3, 0.4) is 0 Å². The van der Waals surface area contributed by atoms with Crippen LogP contribution >= 0.6 is 0 Å². The second kappa shape index (κ2) is 5.57. The molecule has 0 amide bonds. The number of aryl methyl sites for hydroxylation is 1. The normalized spacial score (nSPS) is 15.2. The van der Waals surface area contributed by atoms with E-state index in [2.05, 4.69) is 4.98 Å². The first-order valence-corrected chi connectivity index (χ1v) is 6.92. The molecule has 6 nitrogen and oxygen atoms in total. The quantitative estimate of drug-likeness (QED) is 0.881. The van der Waals surface area contributed by atoms with Crippen LogP contribution in [-0.2, 0) is 4.74 Å². The third kappa shape index (κ3) is 2.62. The summed E-state index contributed by atoms with van der Waals surface area (Å²) in [7, 11) is 0. The minimum absolute atomic E-state index is 0.324. The summed E-state index contributed by atoms with van der Waals surface area (Å²) in [6.07, 6.45) is 0. The summed E-state index contributed by atoms with van der Waals surface area (Å²) < 4.78 is 6.44. The van der Waals surface area contributed by atoms with E-state index in [1.54, 1.807) is 6.07 Å². The van der Waals surface area contributed by atoms with Crippen LogP contribution in [0, 0.1) is 6.92 Å². The van der Waals surface area contributed by atoms with E-state index in [1.165, 1.54) is 10.6 Å². The molecule has 0 spiro atoms. The lowest BCUT2D eigenvalue weighted by Crippen LogP contribution is -2.41. The number of ether oxygens (including phenoxy) is 1. The van der Waals surface area contributed by atoms with Gasteiger partial charge in [-0.2, -0.15) is 0 Å². The van der Waals surface area contributed by atoms with Gasteiger partial charge in [-0.25, -0.2) is 9.36 Å². The van der Waals surface area contributed by atoms with Gasteiger partial charge in [0.1, 0.15) is 5.82 Å². The van der Waals surface area contributed by atoms with Crippen LogP contribution in [0.1, 0.15) is 5.56 Å². The van der Waals surface area contributed by atoms with Crippen molar-refractivity contribution >= 4 is 5.82 Å². The Balaban J connectivity index is 2.07. The number of nitrogens with one attached hydrogen (secondary N) is 1. The molecule has 1 fully saturated rings. The molecule has 0 saturated carbocycles. The molecule has 0 atom stereocenters. The van der Waals surface area contributed by atoms with Gasteiger partial charge in [0, 0.05) is 19.2 Å². The SMILES string of the molecule is Cc1ccccc1-n1c(=O)cc(N2CCOCC2)[nH]c1=O. The fraction of sp³-hybridized carbons (Fsp3) is 0.333. The van der Waals surface area contributed by atoms with Crippen molar-refractivity contribution in [2.75, 3.05) is 31.2 Å². The van der Waals surface area contributed by atoms with E-state index < -0.39 is 5.69 Å². The molecule has 110 valence electrons. The highest BCUT2D eigenvalue weighted by Crippen LogP contribution is 2.11. The van der Waals surface area contributed by atoms with Gasteiger partial charge in [0.15, 0.2) is 0 Å². The van der Waals surface area contributed by atoms with Crippen LogP contribution in [0.25, 0.3) is 5.69 Å². The number of H-pyrrole nitrogens is 1. The summed E-state index contributed by atoms with van der Waals surface area (Å²) in [5.74, 6) is 0.554. The molecule has 1 aliphatic rings. The number of morpholine rings is 1.